The summed E-state index contributed by atoms with van der Waals surface area (Å²) >= 11 is 3.47. The molecule has 2 rings (SSSR count). The molecule has 2 N–H and O–H groups in total. The number of anilines is 2. The van der Waals surface area contributed by atoms with E-state index in [9.17, 15) is 0 Å². The van der Waals surface area contributed by atoms with Gasteiger partial charge in [0, 0.05) is 13.1 Å². The van der Waals surface area contributed by atoms with Crippen LogP contribution in [0.2, 0.25) is 0 Å². The van der Waals surface area contributed by atoms with Crippen molar-refractivity contribution in [1.82, 2.24) is 4.98 Å². The molecule has 0 radical (unpaired) electrons. The second-order valence-electron chi connectivity index (χ2n) is 3.28. The first-order chi connectivity index (χ1) is 6.77. The molecule has 0 atom stereocenters. The maximum Gasteiger partial charge on any atom is 0.143 e. The molecule has 0 fully saturated rings. The van der Waals surface area contributed by atoms with Crippen LogP contribution in [0.5, 0.6) is 0 Å². The highest BCUT2D eigenvalue weighted by Crippen LogP contribution is 2.26. The van der Waals surface area contributed by atoms with Crippen molar-refractivity contribution < 1.29 is 0 Å². The van der Waals surface area contributed by atoms with E-state index in [0.29, 0.717) is 5.69 Å². The molecule has 4 heteroatoms. The van der Waals surface area contributed by atoms with Gasteiger partial charge >= 0.3 is 0 Å². The molecular weight excluding hydrogens is 242 g/mol. The van der Waals surface area contributed by atoms with Gasteiger partial charge in [-0.3, -0.25) is 0 Å². The second-order valence-corrected chi connectivity index (χ2v) is 4.13. The van der Waals surface area contributed by atoms with Crippen molar-refractivity contribution in [2.45, 2.75) is 6.42 Å². The summed E-state index contributed by atoms with van der Waals surface area (Å²) in [6.45, 7) is 1.95. The normalized spacial score (nSPS) is 15.9. The van der Waals surface area contributed by atoms with Crippen molar-refractivity contribution in [2.75, 3.05) is 23.7 Å². The summed E-state index contributed by atoms with van der Waals surface area (Å²) in [5.74, 6) is 0.976. The fourth-order valence-electron chi connectivity index (χ4n) is 1.51. The van der Waals surface area contributed by atoms with Gasteiger partial charge in [0.2, 0.25) is 0 Å². The molecule has 1 aliphatic heterocycles. The van der Waals surface area contributed by atoms with Crippen molar-refractivity contribution in [3.63, 3.8) is 0 Å². The average molecular weight is 254 g/mol. The molecule has 0 aliphatic carbocycles. The molecule has 0 unspecified atom stereocenters. The molecule has 0 spiro atoms. The van der Waals surface area contributed by atoms with Gasteiger partial charge in [-0.2, -0.15) is 0 Å². The Labute approximate surface area is 91.7 Å². The molecule has 0 saturated carbocycles. The number of rotatable bonds is 1. The molecule has 1 aromatic rings. The van der Waals surface area contributed by atoms with E-state index in [4.69, 9.17) is 5.73 Å². The Kier molecular flexibility index (Phi) is 2.72. The topological polar surface area (TPSA) is 42.1 Å². The van der Waals surface area contributed by atoms with Crippen LogP contribution in [-0.4, -0.2) is 18.1 Å². The minimum Gasteiger partial charge on any atom is -0.397 e. The fraction of sp³-hybridized carbons (Fsp3) is 0.300. The van der Waals surface area contributed by atoms with Gasteiger partial charge < -0.3 is 10.6 Å². The molecular formula is C10H12BrN3. The van der Waals surface area contributed by atoms with E-state index in [-0.39, 0.29) is 0 Å². The lowest BCUT2D eigenvalue weighted by Gasteiger charge is -2.25. The zero-order chi connectivity index (χ0) is 9.97. The number of hydrogen-bond donors (Lipinski definition) is 1. The van der Waals surface area contributed by atoms with Gasteiger partial charge in [-0.05, 0) is 28.4 Å². The van der Waals surface area contributed by atoms with Crippen LogP contribution in [-0.2, 0) is 0 Å². The number of nitrogens with zero attached hydrogens (tertiary/aromatic N) is 2. The van der Waals surface area contributed by atoms with Crippen LogP contribution in [0.3, 0.4) is 0 Å². The lowest BCUT2D eigenvalue weighted by Crippen LogP contribution is -2.27. The van der Waals surface area contributed by atoms with E-state index >= 15 is 0 Å². The molecule has 14 heavy (non-hydrogen) atoms. The zero-order valence-corrected chi connectivity index (χ0v) is 9.37. The van der Waals surface area contributed by atoms with Gasteiger partial charge in [-0.15, -0.1) is 0 Å². The predicted molar refractivity (Wildman–Crippen MR) is 62.3 cm³/mol. The number of nitrogen functional groups attached to an aromatic ring is 1. The van der Waals surface area contributed by atoms with Crippen LogP contribution in [0.4, 0.5) is 11.5 Å². The molecule has 1 aliphatic rings. The Morgan fingerprint density at radius 3 is 2.93 bits per heavy atom. The molecule has 2 heterocycles. The smallest absolute Gasteiger partial charge is 0.143 e. The lowest BCUT2D eigenvalue weighted by molar-refractivity contribution is 0.803. The summed E-state index contributed by atoms with van der Waals surface area (Å²) in [7, 11) is 0. The summed E-state index contributed by atoms with van der Waals surface area (Å²) in [5, 5.41) is 0. The second kappa shape index (κ2) is 4.00. The molecule has 0 amide bonds. The molecule has 0 bridgehead atoms. The van der Waals surface area contributed by atoms with Crippen molar-refractivity contribution in [2.24, 2.45) is 0 Å². The molecule has 1 aromatic heterocycles. The molecule has 0 aromatic carbocycles. The van der Waals surface area contributed by atoms with E-state index in [2.05, 4.69) is 38.0 Å². The van der Waals surface area contributed by atoms with Crippen molar-refractivity contribution in [3.8, 4) is 0 Å². The standard InChI is InChI=1S/C10H12BrN3/c11-9-6-8(12)7-13-10(9)14-4-2-1-3-5-14/h1-2,6-7H,3-5,12H2. The van der Waals surface area contributed by atoms with Gasteiger partial charge in [0.05, 0.1) is 16.4 Å². The van der Waals surface area contributed by atoms with Crippen molar-refractivity contribution in [3.05, 3.63) is 28.9 Å². The summed E-state index contributed by atoms with van der Waals surface area (Å²) in [5.41, 5.74) is 6.32. The van der Waals surface area contributed by atoms with E-state index in [0.717, 1.165) is 29.8 Å². The third kappa shape index (κ3) is 1.90. The Balaban J connectivity index is 2.27. The van der Waals surface area contributed by atoms with Crippen LogP contribution >= 0.6 is 15.9 Å². The highest BCUT2D eigenvalue weighted by Gasteiger charge is 2.11. The number of pyridine rings is 1. The molecule has 3 nitrogen and oxygen atoms in total. The minimum atomic E-state index is 0.688. The van der Waals surface area contributed by atoms with E-state index < -0.39 is 0 Å². The highest BCUT2D eigenvalue weighted by atomic mass is 79.9. The number of aromatic nitrogens is 1. The Morgan fingerprint density at radius 2 is 2.29 bits per heavy atom. The molecule has 0 saturated heterocycles. The van der Waals surface area contributed by atoms with Crippen LogP contribution < -0.4 is 10.6 Å². The van der Waals surface area contributed by atoms with Gasteiger partial charge in [0.1, 0.15) is 5.82 Å². The van der Waals surface area contributed by atoms with Crippen LogP contribution in [0.15, 0.2) is 28.9 Å². The lowest BCUT2D eigenvalue weighted by atomic mass is 10.2. The highest BCUT2D eigenvalue weighted by molar-refractivity contribution is 9.10. The van der Waals surface area contributed by atoms with Crippen LogP contribution in [0.1, 0.15) is 6.42 Å². The van der Waals surface area contributed by atoms with E-state index in [1.165, 1.54) is 0 Å². The third-order valence-electron chi connectivity index (χ3n) is 2.20. The first-order valence-electron chi connectivity index (χ1n) is 4.58. The summed E-state index contributed by atoms with van der Waals surface area (Å²) < 4.78 is 0.966. The Bertz CT molecular complexity index is 362. The summed E-state index contributed by atoms with van der Waals surface area (Å²) in [6, 6.07) is 1.89. The Morgan fingerprint density at radius 1 is 1.43 bits per heavy atom. The number of hydrogen-bond acceptors (Lipinski definition) is 3. The predicted octanol–water partition coefficient (Wildman–Crippen LogP) is 2.19. The number of nitrogens with two attached hydrogens (primary N) is 1. The van der Waals surface area contributed by atoms with Gasteiger partial charge in [0.25, 0.3) is 0 Å². The van der Waals surface area contributed by atoms with Gasteiger partial charge in [-0.1, -0.05) is 12.2 Å². The first kappa shape index (κ1) is 9.52. The van der Waals surface area contributed by atoms with Crippen molar-refractivity contribution in [1.29, 1.82) is 0 Å². The monoisotopic (exact) mass is 253 g/mol. The maximum atomic E-state index is 5.63. The molecule has 74 valence electrons. The van der Waals surface area contributed by atoms with Gasteiger partial charge in [0.15, 0.2) is 0 Å². The Hall–Kier alpha value is -1.03. The maximum absolute atomic E-state index is 5.63. The third-order valence-corrected chi connectivity index (χ3v) is 2.78. The quantitative estimate of drug-likeness (QED) is 0.781. The zero-order valence-electron chi connectivity index (χ0n) is 7.78. The van der Waals surface area contributed by atoms with E-state index in [1.807, 2.05) is 6.07 Å². The van der Waals surface area contributed by atoms with Gasteiger partial charge in [-0.25, -0.2) is 4.98 Å². The van der Waals surface area contributed by atoms with Crippen molar-refractivity contribution >= 4 is 27.4 Å². The van der Waals surface area contributed by atoms with Crippen LogP contribution in [0, 0.1) is 0 Å². The minimum absolute atomic E-state index is 0.688. The number of halogens is 1. The average Bonchev–Trinajstić information content (AvgIpc) is 2.19. The summed E-state index contributed by atoms with van der Waals surface area (Å²) in [4.78, 5) is 6.55. The largest absolute Gasteiger partial charge is 0.397 e. The fourth-order valence-corrected chi connectivity index (χ4v) is 2.13. The van der Waals surface area contributed by atoms with Crippen LogP contribution in [0.25, 0.3) is 0 Å². The SMILES string of the molecule is Nc1cnc(N2CC=CCC2)c(Br)c1. The summed E-state index contributed by atoms with van der Waals surface area (Å²) in [6.07, 6.45) is 7.13. The van der Waals surface area contributed by atoms with E-state index in [1.54, 1.807) is 6.20 Å². The first-order valence-corrected chi connectivity index (χ1v) is 5.37.